The second-order valence-electron chi connectivity index (χ2n) is 12.9. The lowest BCUT2D eigenvalue weighted by Gasteiger charge is -2.29. The molecule has 0 aliphatic heterocycles. The third kappa shape index (κ3) is 14.1. The molecule has 47 heavy (non-hydrogen) atoms. The van der Waals surface area contributed by atoms with Crippen LogP contribution in [0.2, 0.25) is 5.02 Å². The molecule has 0 aliphatic rings. The third-order valence-corrected chi connectivity index (χ3v) is 8.20. The monoisotopic (exact) mass is 682 g/mol. The zero-order valence-electron chi connectivity index (χ0n) is 29.4. The highest BCUT2D eigenvalue weighted by Crippen LogP contribution is 2.15. The Labute approximate surface area is 284 Å². The Bertz CT molecular complexity index is 1200. The van der Waals surface area contributed by atoms with Crippen LogP contribution in [0.15, 0.2) is 18.5 Å². The Balaban J connectivity index is 3.01. The van der Waals surface area contributed by atoms with E-state index in [9.17, 15) is 29.2 Å². The fraction of sp³-hybridized carbons (Fsp3) is 0.697. The van der Waals surface area contributed by atoms with Crippen LogP contribution >= 0.6 is 11.6 Å². The van der Waals surface area contributed by atoms with E-state index in [0.29, 0.717) is 32.2 Å². The molecule has 1 rings (SSSR count). The molecular formula is C33H57ClN7O6+. The first-order valence-electron chi connectivity index (χ1n) is 16.7. The normalized spacial score (nSPS) is 15.1. The van der Waals surface area contributed by atoms with Gasteiger partial charge in [-0.05, 0) is 44.4 Å². The summed E-state index contributed by atoms with van der Waals surface area (Å²) in [6.45, 7) is 17.7. The van der Waals surface area contributed by atoms with Gasteiger partial charge >= 0.3 is 0 Å². The first-order chi connectivity index (χ1) is 22.1. The summed E-state index contributed by atoms with van der Waals surface area (Å²) in [5.41, 5.74) is 0.0943. The highest BCUT2D eigenvalue weighted by molar-refractivity contribution is 6.33. The van der Waals surface area contributed by atoms with Gasteiger partial charge in [0.2, 0.25) is 36.0 Å². The number of halogens is 1. The van der Waals surface area contributed by atoms with Crippen LogP contribution < -0.4 is 36.6 Å². The summed E-state index contributed by atoms with van der Waals surface area (Å²) in [6.07, 6.45) is 4.61. The van der Waals surface area contributed by atoms with E-state index in [2.05, 4.69) is 31.9 Å². The molecule has 14 heteroatoms. The van der Waals surface area contributed by atoms with E-state index in [1.165, 1.54) is 18.5 Å². The Morgan fingerprint density at radius 3 is 2.04 bits per heavy atom. The van der Waals surface area contributed by atoms with Gasteiger partial charge < -0.3 is 31.9 Å². The van der Waals surface area contributed by atoms with E-state index in [1.807, 2.05) is 55.4 Å². The van der Waals surface area contributed by atoms with Crippen molar-refractivity contribution in [1.29, 1.82) is 0 Å². The Hall–Kier alpha value is -3.45. The lowest BCUT2D eigenvalue weighted by Crippen LogP contribution is -2.58. The van der Waals surface area contributed by atoms with E-state index in [4.69, 9.17) is 11.6 Å². The number of rotatable bonds is 20. The van der Waals surface area contributed by atoms with E-state index in [0.717, 1.165) is 4.73 Å². The number of nitrogens with zero attached hydrogens (tertiary/aromatic N) is 1. The van der Waals surface area contributed by atoms with Gasteiger partial charge in [-0.3, -0.25) is 29.2 Å². The predicted molar refractivity (Wildman–Crippen MR) is 181 cm³/mol. The number of amides is 5. The molecule has 1 heterocycles. The molecule has 5 amide bonds. The van der Waals surface area contributed by atoms with Crippen LogP contribution in [0.1, 0.15) is 98.4 Å². The molecule has 1 aromatic heterocycles. The Kier molecular flexibility index (Phi) is 18.3. The maximum atomic E-state index is 13.6. The minimum Gasteiger partial charge on any atom is -0.355 e. The fourth-order valence-corrected chi connectivity index (χ4v) is 5.21. The average Bonchev–Trinajstić information content (AvgIpc) is 2.99. The van der Waals surface area contributed by atoms with Crippen molar-refractivity contribution >= 4 is 41.1 Å². The van der Waals surface area contributed by atoms with Gasteiger partial charge in [0, 0.05) is 29.9 Å². The highest BCUT2D eigenvalue weighted by Gasteiger charge is 2.32. The van der Waals surface area contributed by atoms with Gasteiger partial charge in [-0.15, -0.1) is 0 Å². The molecule has 0 bridgehead atoms. The maximum absolute atomic E-state index is 13.6. The second-order valence-corrected chi connectivity index (χ2v) is 13.3. The standard InChI is InChI=1S/C33H56ClN7O6/c1-10-13-26(38-33(46)28(21(8)11-2)40-30(43)24-14-15-41(47)18-25(24)34)31(44)37-23(16-19(4)5)17-36-22(9)29(42)39-27(20(6)7)32(45)35-12-3/h14-15,18-23,26-28,36H,10-13,16-17H2,1-9H3,(H5-,35,37,38,39,40,42,43,44,45,46,47)/p+1/t21-,22-,23?,26-,27?,28?/m0/s1. The van der Waals surface area contributed by atoms with Gasteiger partial charge in [0.1, 0.15) is 23.1 Å². The fourth-order valence-electron chi connectivity index (χ4n) is 4.96. The number of carbonyl (C=O) groups excluding carboxylic acids is 5. The number of pyridine rings is 1. The second kappa shape index (κ2) is 20.7. The summed E-state index contributed by atoms with van der Waals surface area (Å²) in [7, 11) is 0. The molecule has 13 nitrogen and oxygen atoms in total. The molecule has 266 valence electrons. The summed E-state index contributed by atoms with van der Waals surface area (Å²) < 4.78 is 0.722. The Morgan fingerprint density at radius 1 is 0.851 bits per heavy atom. The largest absolute Gasteiger partial charge is 0.355 e. The maximum Gasteiger partial charge on any atom is 0.253 e. The smallest absolute Gasteiger partial charge is 0.253 e. The van der Waals surface area contributed by atoms with Crippen molar-refractivity contribution in [2.45, 2.75) is 118 Å². The molecule has 0 saturated carbocycles. The van der Waals surface area contributed by atoms with Gasteiger partial charge in [0.05, 0.1) is 11.6 Å². The van der Waals surface area contributed by atoms with Crippen molar-refractivity contribution in [1.82, 2.24) is 31.9 Å². The number of hydrogen-bond acceptors (Lipinski definition) is 7. The summed E-state index contributed by atoms with van der Waals surface area (Å²) in [6, 6.07) is -2.11. The molecule has 0 fully saturated rings. The summed E-state index contributed by atoms with van der Waals surface area (Å²) in [5.74, 6) is -2.16. The van der Waals surface area contributed by atoms with E-state index in [1.54, 1.807) is 6.92 Å². The van der Waals surface area contributed by atoms with E-state index in [-0.39, 0.29) is 58.6 Å². The lowest BCUT2D eigenvalue weighted by atomic mass is 9.97. The molecular weight excluding hydrogens is 626 g/mol. The Morgan fingerprint density at radius 2 is 1.51 bits per heavy atom. The van der Waals surface area contributed by atoms with Crippen molar-refractivity contribution in [2.75, 3.05) is 13.1 Å². The van der Waals surface area contributed by atoms with Gasteiger partial charge in [-0.25, -0.2) is 0 Å². The van der Waals surface area contributed by atoms with Crippen molar-refractivity contribution in [3.63, 3.8) is 0 Å². The van der Waals surface area contributed by atoms with Crippen LogP contribution in [-0.2, 0) is 19.2 Å². The van der Waals surface area contributed by atoms with Crippen LogP contribution in [0.3, 0.4) is 0 Å². The molecule has 7 N–H and O–H groups in total. The summed E-state index contributed by atoms with van der Waals surface area (Å²) in [5, 5.41) is 27.0. The molecule has 0 radical (unpaired) electrons. The minimum absolute atomic E-state index is 0.0115. The molecule has 3 unspecified atom stereocenters. The SMILES string of the molecule is CCC[C@H](NC(=O)C(NC(=O)c1cc[n+](O)cc1Cl)[C@@H](C)CC)C(=O)NC(CN[C@@H](C)C(=O)NC(C(=O)NCC)C(C)C)CC(C)C. The van der Waals surface area contributed by atoms with Crippen molar-refractivity contribution in [3.05, 3.63) is 29.0 Å². The third-order valence-electron chi connectivity index (χ3n) is 7.90. The molecule has 0 aliphatic carbocycles. The molecule has 0 spiro atoms. The highest BCUT2D eigenvalue weighted by atomic mass is 35.5. The number of aromatic nitrogens is 1. The summed E-state index contributed by atoms with van der Waals surface area (Å²) >= 11 is 6.13. The van der Waals surface area contributed by atoms with Crippen molar-refractivity contribution in [2.24, 2.45) is 17.8 Å². The zero-order chi connectivity index (χ0) is 35.8. The van der Waals surface area contributed by atoms with Crippen LogP contribution in [0.4, 0.5) is 0 Å². The minimum atomic E-state index is -0.946. The number of nitrogens with one attached hydrogen (secondary N) is 6. The van der Waals surface area contributed by atoms with Crippen molar-refractivity contribution < 1.29 is 33.9 Å². The molecule has 1 aromatic rings. The van der Waals surface area contributed by atoms with Crippen molar-refractivity contribution in [3.8, 4) is 0 Å². The number of likely N-dealkylation sites (N-methyl/N-ethyl adjacent to an activating group) is 1. The first-order valence-corrected chi connectivity index (χ1v) is 17.1. The number of hydrogen-bond donors (Lipinski definition) is 7. The lowest BCUT2D eigenvalue weighted by molar-refractivity contribution is -0.904. The molecule has 0 aromatic carbocycles. The van der Waals surface area contributed by atoms with Gasteiger partial charge in [0.15, 0.2) is 0 Å². The van der Waals surface area contributed by atoms with E-state index < -0.39 is 36.0 Å². The topological polar surface area (TPSA) is 182 Å². The van der Waals surface area contributed by atoms with Crippen LogP contribution in [0, 0.1) is 17.8 Å². The zero-order valence-corrected chi connectivity index (χ0v) is 30.2. The first kappa shape index (κ1) is 41.6. The quantitative estimate of drug-likeness (QED) is 0.0812. The molecule has 0 saturated heterocycles. The average molecular weight is 683 g/mol. The predicted octanol–water partition coefficient (Wildman–Crippen LogP) is 2.08. The molecule has 6 atom stereocenters. The van der Waals surface area contributed by atoms with Gasteiger partial charge in [-0.2, -0.15) is 0 Å². The summed E-state index contributed by atoms with van der Waals surface area (Å²) in [4.78, 5) is 65.5. The van der Waals surface area contributed by atoms with Gasteiger partial charge in [0.25, 0.3) is 5.91 Å². The van der Waals surface area contributed by atoms with Gasteiger partial charge in [-0.1, -0.05) is 72.9 Å². The van der Waals surface area contributed by atoms with E-state index >= 15 is 0 Å². The number of carbonyl (C=O) groups is 5. The van der Waals surface area contributed by atoms with Crippen LogP contribution in [0.5, 0.6) is 0 Å². The van der Waals surface area contributed by atoms with Crippen LogP contribution in [-0.4, -0.2) is 78.0 Å². The van der Waals surface area contributed by atoms with Crippen LogP contribution in [0.25, 0.3) is 0 Å².